The summed E-state index contributed by atoms with van der Waals surface area (Å²) in [6.07, 6.45) is 0. The van der Waals surface area contributed by atoms with Gasteiger partial charge in [0.15, 0.2) is 3.23 Å². The lowest BCUT2D eigenvalue weighted by atomic mass is 9.98. The molecular weight excluding hydrogens is 366 g/mol. The van der Waals surface area contributed by atoms with Gasteiger partial charge in [0.05, 0.1) is 15.5 Å². The molecule has 0 aromatic rings. The predicted molar refractivity (Wildman–Crippen MR) is 64.9 cm³/mol. The van der Waals surface area contributed by atoms with E-state index in [1.165, 1.54) is 4.90 Å². The molecular formula is C8H9Br2NO4S. The van der Waals surface area contributed by atoms with E-state index < -0.39 is 36.2 Å². The number of nitrogens with zero attached hydrogens (tertiary/aromatic N) is 1. The molecule has 1 N–H and O–H groups in total. The topological polar surface area (TPSA) is 74.7 Å². The number of hydrogen-bond acceptors (Lipinski definition) is 3. The molecule has 0 bridgehead atoms. The van der Waals surface area contributed by atoms with Gasteiger partial charge in [0.25, 0.3) is 5.91 Å². The number of hydrogen-bond donors (Lipinski definition) is 1. The SMILES string of the molecule is CC1(C)[C@H](C(=O)O)N2C(=O)C(Br)(Br)[C@@H]2[S@@]1=O. The zero-order valence-corrected chi connectivity index (χ0v) is 12.4. The molecule has 2 aliphatic rings. The Morgan fingerprint density at radius 2 is 2.00 bits per heavy atom. The Morgan fingerprint density at radius 3 is 2.44 bits per heavy atom. The van der Waals surface area contributed by atoms with Gasteiger partial charge in [-0.1, -0.05) is 31.9 Å². The van der Waals surface area contributed by atoms with E-state index in [0.717, 1.165) is 0 Å². The normalized spacial score (nSPS) is 39.1. The van der Waals surface area contributed by atoms with Gasteiger partial charge in [-0.25, -0.2) is 4.79 Å². The summed E-state index contributed by atoms with van der Waals surface area (Å²) in [5, 5.41) is 8.49. The first-order valence-corrected chi connectivity index (χ1v) is 7.27. The minimum atomic E-state index is -1.43. The Hall–Kier alpha value is 0.0500. The molecule has 0 unspecified atom stereocenters. The fourth-order valence-electron chi connectivity index (χ4n) is 2.13. The van der Waals surface area contributed by atoms with E-state index in [1.54, 1.807) is 13.8 Å². The van der Waals surface area contributed by atoms with Crippen LogP contribution in [0.25, 0.3) is 0 Å². The smallest absolute Gasteiger partial charge is 0.328 e. The van der Waals surface area contributed by atoms with Gasteiger partial charge < -0.3 is 10.0 Å². The number of carbonyl (C=O) groups is 2. The molecule has 3 atom stereocenters. The number of halogens is 2. The fourth-order valence-corrected chi connectivity index (χ4v) is 5.80. The van der Waals surface area contributed by atoms with E-state index >= 15 is 0 Å². The van der Waals surface area contributed by atoms with Crippen LogP contribution >= 0.6 is 31.9 Å². The van der Waals surface area contributed by atoms with E-state index in [0.29, 0.717) is 0 Å². The van der Waals surface area contributed by atoms with Crippen molar-refractivity contribution >= 4 is 54.5 Å². The second kappa shape index (κ2) is 3.29. The molecule has 5 nitrogen and oxygen atoms in total. The zero-order valence-electron chi connectivity index (χ0n) is 8.44. The van der Waals surface area contributed by atoms with E-state index in [4.69, 9.17) is 5.11 Å². The summed E-state index contributed by atoms with van der Waals surface area (Å²) >= 11 is 6.29. The van der Waals surface area contributed by atoms with Crippen LogP contribution in [0.1, 0.15) is 13.8 Å². The largest absolute Gasteiger partial charge is 0.480 e. The minimum Gasteiger partial charge on any atom is -0.480 e. The van der Waals surface area contributed by atoms with Crippen molar-refractivity contribution in [3.8, 4) is 0 Å². The number of carboxylic acid groups (broad SMARTS) is 1. The number of fused-ring (bicyclic) bond motifs is 1. The first-order valence-electron chi connectivity index (χ1n) is 4.47. The summed E-state index contributed by atoms with van der Waals surface area (Å²) in [7, 11) is -1.43. The highest BCUT2D eigenvalue weighted by Crippen LogP contribution is 2.54. The van der Waals surface area contributed by atoms with Crippen molar-refractivity contribution in [2.24, 2.45) is 0 Å². The van der Waals surface area contributed by atoms with Crippen LogP contribution in [0.5, 0.6) is 0 Å². The van der Waals surface area contributed by atoms with Crippen LogP contribution in [0, 0.1) is 0 Å². The highest BCUT2D eigenvalue weighted by Gasteiger charge is 2.73. The lowest BCUT2D eigenvalue weighted by molar-refractivity contribution is -0.157. The first kappa shape index (κ1) is 12.5. The van der Waals surface area contributed by atoms with Crippen LogP contribution in [-0.4, -0.2) is 45.5 Å². The quantitative estimate of drug-likeness (QED) is 0.539. The minimum absolute atomic E-state index is 0.385. The van der Waals surface area contributed by atoms with E-state index in [-0.39, 0.29) is 5.91 Å². The van der Waals surface area contributed by atoms with E-state index in [1.807, 2.05) is 0 Å². The average Bonchev–Trinajstić information content (AvgIpc) is 2.33. The van der Waals surface area contributed by atoms with Gasteiger partial charge in [0, 0.05) is 0 Å². The Labute approximate surface area is 111 Å². The summed E-state index contributed by atoms with van der Waals surface area (Å²) in [4.78, 5) is 24.1. The molecule has 1 amide bonds. The van der Waals surface area contributed by atoms with Gasteiger partial charge in [-0.05, 0) is 13.8 Å². The van der Waals surface area contributed by atoms with Crippen molar-refractivity contribution in [2.75, 3.05) is 0 Å². The second-order valence-electron chi connectivity index (χ2n) is 4.33. The molecule has 2 aliphatic heterocycles. The summed E-state index contributed by atoms with van der Waals surface area (Å²) in [5.41, 5.74) is 0. The van der Waals surface area contributed by atoms with Crippen molar-refractivity contribution in [3.63, 3.8) is 0 Å². The van der Waals surface area contributed by atoms with Crippen LogP contribution in [0.2, 0.25) is 0 Å². The van der Waals surface area contributed by atoms with Gasteiger partial charge in [0.2, 0.25) is 0 Å². The zero-order chi connectivity index (χ0) is 12.5. The standard InChI is InChI=1S/C8H9Br2NO4S/c1-7(2)3(4(12)13)11-5(14)8(9,10)6(11)16(7)15/h3,6H,1-2H3,(H,12,13)/t3-,6-,16-/m0/s1. The molecule has 0 saturated carbocycles. The Kier molecular flexibility index (Phi) is 2.57. The number of amides is 1. The average molecular weight is 375 g/mol. The second-order valence-corrected chi connectivity index (χ2v) is 9.99. The highest BCUT2D eigenvalue weighted by molar-refractivity contribution is 9.26. The third-order valence-electron chi connectivity index (χ3n) is 2.97. The number of rotatable bonds is 1. The van der Waals surface area contributed by atoms with Crippen LogP contribution in [0.4, 0.5) is 0 Å². The monoisotopic (exact) mass is 373 g/mol. The highest BCUT2D eigenvalue weighted by atomic mass is 79.9. The van der Waals surface area contributed by atoms with E-state index in [9.17, 15) is 13.8 Å². The van der Waals surface area contributed by atoms with Crippen molar-refractivity contribution in [1.82, 2.24) is 4.90 Å². The number of aliphatic carboxylic acids is 1. The molecule has 0 spiro atoms. The van der Waals surface area contributed by atoms with Crippen LogP contribution in [0.15, 0.2) is 0 Å². The molecule has 8 heteroatoms. The van der Waals surface area contributed by atoms with Gasteiger partial charge in [0.1, 0.15) is 11.4 Å². The van der Waals surface area contributed by atoms with Crippen molar-refractivity contribution < 1.29 is 18.9 Å². The molecule has 2 fully saturated rings. The molecule has 2 rings (SSSR count). The molecule has 2 heterocycles. The summed E-state index contributed by atoms with van der Waals surface area (Å²) < 4.78 is 10.1. The maximum atomic E-state index is 12.2. The maximum absolute atomic E-state index is 12.2. The number of β-lactam (4-membered cyclic amide) rings is 1. The van der Waals surface area contributed by atoms with Crippen LogP contribution in [0.3, 0.4) is 0 Å². The molecule has 16 heavy (non-hydrogen) atoms. The Balaban J connectivity index is 2.50. The van der Waals surface area contributed by atoms with Crippen molar-refractivity contribution in [2.45, 2.75) is 33.2 Å². The fraction of sp³-hybridized carbons (Fsp3) is 0.750. The lowest BCUT2D eigenvalue weighted by Crippen LogP contribution is -2.69. The third kappa shape index (κ3) is 1.23. The molecule has 0 aromatic carbocycles. The first-order chi connectivity index (χ1) is 7.13. The molecule has 0 aromatic heterocycles. The van der Waals surface area contributed by atoms with Crippen molar-refractivity contribution in [3.05, 3.63) is 0 Å². The van der Waals surface area contributed by atoms with Gasteiger partial charge >= 0.3 is 5.97 Å². The van der Waals surface area contributed by atoms with Gasteiger partial charge in [-0.2, -0.15) is 0 Å². The number of carboxylic acids is 1. The summed E-state index contributed by atoms with van der Waals surface area (Å²) in [6.45, 7) is 3.20. The lowest BCUT2D eigenvalue weighted by Gasteiger charge is -2.45. The summed E-state index contributed by atoms with van der Waals surface area (Å²) in [5.74, 6) is -1.51. The predicted octanol–water partition coefficient (Wildman–Crippen LogP) is 0.635. The van der Waals surface area contributed by atoms with E-state index in [2.05, 4.69) is 31.9 Å². The van der Waals surface area contributed by atoms with Gasteiger partial charge in [-0.15, -0.1) is 0 Å². The Bertz CT molecular complexity index is 422. The molecule has 90 valence electrons. The van der Waals surface area contributed by atoms with Gasteiger partial charge in [-0.3, -0.25) is 9.00 Å². The maximum Gasteiger partial charge on any atom is 0.328 e. The number of carbonyl (C=O) groups excluding carboxylic acids is 1. The molecule has 2 saturated heterocycles. The van der Waals surface area contributed by atoms with Crippen LogP contribution < -0.4 is 0 Å². The summed E-state index contributed by atoms with van der Waals surface area (Å²) in [6, 6.07) is -1.03. The molecule has 0 aliphatic carbocycles. The number of alkyl halides is 2. The molecule has 0 radical (unpaired) electrons. The Morgan fingerprint density at radius 1 is 1.50 bits per heavy atom. The third-order valence-corrected chi connectivity index (χ3v) is 7.37. The van der Waals surface area contributed by atoms with Crippen molar-refractivity contribution in [1.29, 1.82) is 0 Å². The van der Waals surface area contributed by atoms with Crippen LogP contribution in [-0.2, 0) is 20.4 Å².